The van der Waals surface area contributed by atoms with Crippen LogP contribution in [0, 0.1) is 6.92 Å². The predicted octanol–water partition coefficient (Wildman–Crippen LogP) is 2.86. The van der Waals surface area contributed by atoms with Gasteiger partial charge in [-0.3, -0.25) is 4.99 Å². The smallest absolute Gasteiger partial charge is 0.191 e. The van der Waals surface area contributed by atoms with Crippen molar-refractivity contribution in [3.63, 3.8) is 0 Å². The van der Waals surface area contributed by atoms with Crippen LogP contribution >= 0.6 is 24.0 Å². The van der Waals surface area contributed by atoms with E-state index in [2.05, 4.69) is 46.8 Å². The van der Waals surface area contributed by atoms with E-state index in [-0.39, 0.29) is 29.4 Å². The van der Waals surface area contributed by atoms with Crippen molar-refractivity contribution in [2.75, 3.05) is 47.1 Å². The lowest BCUT2D eigenvalue weighted by Crippen LogP contribution is -2.41. The minimum Gasteiger partial charge on any atom is -0.382 e. The van der Waals surface area contributed by atoms with Crippen LogP contribution in [0.2, 0.25) is 0 Å². The summed E-state index contributed by atoms with van der Waals surface area (Å²) in [5.74, 6) is 0.867. The summed E-state index contributed by atoms with van der Waals surface area (Å²) in [4.78, 5) is 4.32. The fraction of sp³-hybridized carbons (Fsp3) is 0.632. The van der Waals surface area contributed by atoms with Crippen LogP contribution < -0.4 is 10.6 Å². The van der Waals surface area contributed by atoms with Crippen LogP contribution in [-0.4, -0.2) is 53.0 Å². The Morgan fingerprint density at radius 1 is 1.16 bits per heavy atom. The van der Waals surface area contributed by atoms with Crippen molar-refractivity contribution in [3.05, 3.63) is 35.4 Å². The Morgan fingerprint density at radius 2 is 1.92 bits per heavy atom. The van der Waals surface area contributed by atoms with Crippen LogP contribution in [0.3, 0.4) is 0 Å². The number of aliphatic imine (C=N–C) groups is 1. The molecule has 0 atom stereocenters. The molecule has 1 aliphatic carbocycles. The molecule has 0 amide bonds. The van der Waals surface area contributed by atoms with Crippen molar-refractivity contribution < 1.29 is 9.47 Å². The molecule has 0 spiro atoms. The third kappa shape index (κ3) is 7.11. The van der Waals surface area contributed by atoms with Crippen LogP contribution in [0.4, 0.5) is 0 Å². The summed E-state index contributed by atoms with van der Waals surface area (Å²) in [6, 6.07) is 8.71. The highest BCUT2D eigenvalue weighted by atomic mass is 127. The van der Waals surface area contributed by atoms with E-state index in [1.165, 1.54) is 24.0 Å². The first-order chi connectivity index (χ1) is 11.7. The number of methoxy groups -OCH3 is 1. The zero-order valence-electron chi connectivity index (χ0n) is 15.6. The Kier molecular flexibility index (Phi) is 10.4. The van der Waals surface area contributed by atoms with Crippen molar-refractivity contribution >= 4 is 29.9 Å². The van der Waals surface area contributed by atoms with Gasteiger partial charge < -0.3 is 20.1 Å². The number of rotatable bonds is 10. The first kappa shape index (κ1) is 22.2. The standard InChI is InChI=1S/C19H31N3O2.HI/c1-16-7-4-5-8-17(16)19(9-10-19)15-22-18(20-2)21-11-6-12-24-14-13-23-3;/h4-5,7-8H,6,9-15H2,1-3H3,(H2,20,21,22);1H. The van der Waals surface area contributed by atoms with Crippen LogP contribution in [0.5, 0.6) is 0 Å². The first-order valence-electron chi connectivity index (χ1n) is 8.79. The van der Waals surface area contributed by atoms with E-state index < -0.39 is 0 Å². The molecule has 6 heteroatoms. The van der Waals surface area contributed by atoms with Gasteiger partial charge in [0.2, 0.25) is 0 Å². The molecular formula is C19H32IN3O2. The number of aryl methyl sites for hydroxylation is 1. The Hall–Kier alpha value is -0.860. The number of nitrogens with one attached hydrogen (secondary N) is 2. The summed E-state index contributed by atoms with van der Waals surface area (Å²) >= 11 is 0. The molecule has 1 aliphatic rings. The van der Waals surface area contributed by atoms with Crippen LogP contribution in [0.1, 0.15) is 30.4 Å². The van der Waals surface area contributed by atoms with E-state index in [4.69, 9.17) is 9.47 Å². The van der Waals surface area contributed by atoms with Crippen molar-refractivity contribution in [2.45, 2.75) is 31.6 Å². The molecule has 1 saturated carbocycles. The maximum atomic E-state index is 5.46. The molecule has 0 heterocycles. The van der Waals surface area contributed by atoms with Gasteiger partial charge in [0, 0.05) is 39.3 Å². The third-order valence-electron chi connectivity index (χ3n) is 4.58. The normalized spacial score (nSPS) is 15.4. The lowest BCUT2D eigenvalue weighted by molar-refractivity contribution is 0.0698. The molecule has 0 aliphatic heterocycles. The molecule has 0 saturated heterocycles. The molecule has 0 radical (unpaired) electrons. The van der Waals surface area contributed by atoms with E-state index in [0.29, 0.717) is 13.2 Å². The van der Waals surface area contributed by atoms with Gasteiger partial charge in [0.1, 0.15) is 0 Å². The molecule has 5 nitrogen and oxygen atoms in total. The monoisotopic (exact) mass is 461 g/mol. The van der Waals surface area contributed by atoms with Gasteiger partial charge in [-0.25, -0.2) is 0 Å². The van der Waals surface area contributed by atoms with E-state index >= 15 is 0 Å². The molecule has 25 heavy (non-hydrogen) atoms. The van der Waals surface area contributed by atoms with Crippen molar-refractivity contribution in [3.8, 4) is 0 Å². The van der Waals surface area contributed by atoms with E-state index in [1.54, 1.807) is 7.11 Å². The van der Waals surface area contributed by atoms with Gasteiger partial charge in [-0.05, 0) is 37.3 Å². The average molecular weight is 461 g/mol. The minimum absolute atomic E-state index is 0. The quantitative estimate of drug-likeness (QED) is 0.244. The largest absolute Gasteiger partial charge is 0.382 e. The number of hydrogen-bond donors (Lipinski definition) is 2. The topological polar surface area (TPSA) is 54.9 Å². The van der Waals surface area contributed by atoms with Crippen molar-refractivity contribution in [1.29, 1.82) is 0 Å². The van der Waals surface area contributed by atoms with Gasteiger partial charge in [-0.2, -0.15) is 0 Å². The number of ether oxygens (including phenoxy) is 2. The second kappa shape index (κ2) is 11.7. The van der Waals surface area contributed by atoms with E-state index in [1.807, 2.05) is 7.05 Å². The lowest BCUT2D eigenvalue weighted by Gasteiger charge is -2.20. The number of benzene rings is 1. The summed E-state index contributed by atoms with van der Waals surface area (Å²) in [5, 5.41) is 6.84. The lowest BCUT2D eigenvalue weighted by atomic mass is 9.92. The maximum absolute atomic E-state index is 5.46. The molecule has 1 fully saturated rings. The second-order valence-corrected chi connectivity index (χ2v) is 6.41. The zero-order valence-corrected chi connectivity index (χ0v) is 18.0. The van der Waals surface area contributed by atoms with Crippen LogP contribution in [-0.2, 0) is 14.9 Å². The Morgan fingerprint density at radius 3 is 2.56 bits per heavy atom. The highest BCUT2D eigenvalue weighted by Gasteiger charge is 2.44. The minimum atomic E-state index is 0. The van der Waals surface area contributed by atoms with Gasteiger partial charge in [-0.1, -0.05) is 24.3 Å². The Labute approximate surface area is 169 Å². The molecule has 142 valence electrons. The van der Waals surface area contributed by atoms with Crippen molar-refractivity contribution in [1.82, 2.24) is 10.6 Å². The van der Waals surface area contributed by atoms with Gasteiger partial charge in [-0.15, -0.1) is 24.0 Å². The van der Waals surface area contributed by atoms with Crippen LogP contribution in [0.15, 0.2) is 29.3 Å². The summed E-state index contributed by atoms with van der Waals surface area (Å²) in [5.41, 5.74) is 3.14. The summed E-state index contributed by atoms with van der Waals surface area (Å²) < 4.78 is 10.4. The third-order valence-corrected chi connectivity index (χ3v) is 4.58. The molecule has 2 rings (SSSR count). The van der Waals surface area contributed by atoms with Gasteiger partial charge in [0.25, 0.3) is 0 Å². The second-order valence-electron chi connectivity index (χ2n) is 6.41. The molecule has 0 bridgehead atoms. The number of hydrogen-bond acceptors (Lipinski definition) is 3. The molecule has 2 N–H and O–H groups in total. The van der Waals surface area contributed by atoms with Gasteiger partial charge in [0.05, 0.1) is 13.2 Å². The summed E-state index contributed by atoms with van der Waals surface area (Å²) in [7, 11) is 3.50. The number of halogens is 1. The zero-order chi connectivity index (χ0) is 17.3. The Bertz CT molecular complexity index is 533. The first-order valence-corrected chi connectivity index (χ1v) is 8.79. The SMILES string of the molecule is CN=C(NCCCOCCOC)NCC1(c2ccccc2C)CC1.I. The number of guanidine groups is 1. The van der Waals surface area contributed by atoms with Gasteiger partial charge in [0.15, 0.2) is 5.96 Å². The van der Waals surface area contributed by atoms with Crippen LogP contribution in [0.25, 0.3) is 0 Å². The van der Waals surface area contributed by atoms with Crippen molar-refractivity contribution in [2.24, 2.45) is 4.99 Å². The van der Waals surface area contributed by atoms with E-state index in [0.717, 1.165) is 32.1 Å². The Balaban J connectivity index is 0.00000312. The summed E-state index contributed by atoms with van der Waals surface area (Å²) in [6.07, 6.45) is 3.44. The number of nitrogens with zero attached hydrogens (tertiary/aromatic N) is 1. The fourth-order valence-corrected chi connectivity index (χ4v) is 2.96. The molecular weight excluding hydrogens is 429 g/mol. The molecule has 1 aromatic rings. The highest BCUT2D eigenvalue weighted by molar-refractivity contribution is 14.0. The summed E-state index contributed by atoms with van der Waals surface area (Å²) in [6.45, 7) is 6.03. The van der Waals surface area contributed by atoms with Gasteiger partial charge >= 0.3 is 0 Å². The predicted molar refractivity (Wildman–Crippen MR) is 114 cm³/mol. The molecule has 0 aromatic heterocycles. The molecule has 0 unspecified atom stereocenters. The maximum Gasteiger partial charge on any atom is 0.191 e. The fourth-order valence-electron chi connectivity index (χ4n) is 2.96. The highest BCUT2D eigenvalue weighted by Crippen LogP contribution is 2.48. The average Bonchev–Trinajstić information content (AvgIpc) is 3.38. The van der Waals surface area contributed by atoms with E-state index in [9.17, 15) is 0 Å². The molecule has 1 aromatic carbocycles.